The summed E-state index contributed by atoms with van der Waals surface area (Å²) in [5.74, 6) is 1.46. The van der Waals surface area contributed by atoms with Crippen LogP contribution in [0.15, 0.2) is 24.3 Å². The minimum absolute atomic E-state index is 0.0215. The molecule has 4 heteroatoms. The standard InChI is InChI=1S/C14H21NO3/c1-18-14-5-3-2-4-13(14)10-6-11(7-10)15-12(8-16)9-17/h2-5,10-12,15-17H,6-9H2,1H3. The molecule has 4 nitrogen and oxygen atoms in total. The normalized spacial score (nSPS) is 22.9. The molecule has 0 saturated heterocycles. The first kappa shape index (κ1) is 13.3. The van der Waals surface area contributed by atoms with Crippen LogP contribution in [0.25, 0.3) is 0 Å². The zero-order chi connectivity index (χ0) is 13.0. The van der Waals surface area contributed by atoms with Crippen LogP contribution in [0.3, 0.4) is 0 Å². The van der Waals surface area contributed by atoms with E-state index in [4.69, 9.17) is 14.9 Å². The van der Waals surface area contributed by atoms with Crippen molar-refractivity contribution in [3.05, 3.63) is 29.8 Å². The molecule has 0 heterocycles. The third-order valence-corrected chi connectivity index (χ3v) is 3.63. The van der Waals surface area contributed by atoms with E-state index in [0.29, 0.717) is 12.0 Å². The number of para-hydroxylation sites is 1. The number of nitrogens with one attached hydrogen (secondary N) is 1. The number of ether oxygens (including phenoxy) is 1. The van der Waals surface area contributed by atoms with Crippen molar-refractivity contribution in [3.8, 4) is 5.75 Å². The molecule has 1 aromatic rings. The Hall–Kier alpha value is -1.10. The van der Waals surface area contributed by atoms with Crippen LogP contribution in [0.5, 0.6) is 5.75 Å². The van der Waals surface area contributed by atoms with Gasteiger partial charge in [-0.05, 0) is 30.4 Å². The van der Waals surface area contributed by atoms with Gasteiger partial charge in [0.15, 0.2) is 0 Å². The van der Waals surface area contributed by atoms with Gasteiger partial charge in [0.1, 0.15) is 5.75 Å². The maximum Gasteiger partial charge on any atom is 0.122 e. The van der Waals surface area contributed by atoms with Gasteiger partial charge in [0.25, 0.3) is 0 Å². The maximum absolute atomic E-state index is 9.02. The molecule has 1 aliphatic rings. The fourth-order valence-electron chi connectivity index (χ4n) is 2.51. The molecule has 2 rings (SSSR count). The van der Waals surface area contributed by atoms with Gasteiger partial charge in [0.05, 0.1) is 26.4 Å². The van der Waals surface area contributed by atoms with Crippen molar-refractivity contribution >= 4 is 0 Å². The van der Waals surface area contributed by atoms with E-state index in [-0.39, 0.29) is 19.3 Å². The third kappa shape index (κ3) is 2.83. The maximum atomic E-state index is 9.02. The molecule has 0 spiro atoms. The average Bonchev–Trinajstić information content (AvgIpc) is 2.38. The first-order valence-corrected chi connectivity index (χ1v) is 6.39. The Balaban J connectivity index is 1.88. The van der Waals surface area contributed by atoms with Crippen molar-refractivity contribution in [1.29, 1.82) is 0 Å². The lowest BCUT2D eigenvalue weighted by molar-refractivity contribution is 0.141. The highest BCUT2D eigenvalue weighted by molar-refractivity contribution is 5.37. The molecule has 3 N–H and O–H groups in total. The van der Waals surface area contributed by atoms with E-state index in [1.54, 1.807) is 7.11 Å². The van der Waals surface area contributed by atoms with Crippen LogP contribution in [0.1, 0.15) is 24.3 Å². The van der Waals surface area contributed by atoms with Crippen LogP contribution < -0.4 is 10.1 Å². The minimum atomic E-state index is -0.200. The van der Waals surface area contributed by atoms with Gasteiger partial charge < -0.3 is 20.3 Å². The molecule has 0 radical (unpaired) electrons. The summed E-state index contributed by atoms with van der Waals surface area (Å²) in [6.45, 7) is -0.0430. The average molecular weight is 251 g/mol. The Morgan fingerprint density at radius 1 is 1.28 bits per heavy atom. The van der Waals surface area contributed by atoms with E-state index < -0.39 is 0 Å². The quantitative estimate of drug-likeness (QED) is 0.702. The van der Waals surface area contributed by atoms with Crippen LogP contribution in [-0.4, -0.2) is 42.6 Å². The molecular weight excluding hydrogens is 230 g/mol. The van der Waals surface area contributed by atoms with E-state index in [2.05, 4.69) is 11.4 Å². The fraction of sp³-hybridized carbons (Fsp3) is 0.571. The van der Waals surface area contributed by atoms with Crippen molar-refractivity contribution < 1.29 is 14.9 Å². The summed E-state index contributed by atoms with van der Waals surface area (Å²) in [5, 5.41) is 21.3. The predicted octanol–water partition coefficient (Wildman–Crippen LogP) is 0.884. The first-order valence-electron chi connectivity index (χ1n) is 6.39. The minimum Gasteiger partial charge on any atom is -0.496 e. The van der Waals surface area contributed by atoms with Gasteiger partial charge in [0.2, 0.25) is 0 Å². The SMILES string of the molecule is COc1ccccc1C1CC(NC(CO)CO)C1. The second-order valence-electron chi connectivity index (χ2n) is 4.84. The van der Waals surface area contributed by atoms with Crippen LogP contribution in [-0.2, 0) is 0 Å². The zero-order valence-corrected chi connectivity index (χ0v) is 10.7. The highest BCUT2D eigenvalue weighted by Gasteiger charge is 2.32. The van der Waals surface area contributed by atoms with Crippen LogP contribution >= 0.6 is 0 Å². The Labute approximate surface area is 108 Å². The molecule has 1 aliphatic carbocycles. The number of hydrogen-bond acceptors (Lipinski definition) is 4. The molecule has 1 fully saturated rings. The molecular formula is C14H21NO3. The summed E-state index contributed by atoms with van der Waals surface area (Å²) in [6.07, 6.45) is 2.05. The Morgan fingerprint density at radius 3 is 2.56 bits per heavy atom. The van der Waals surface area contributed by atoms with E-state index in [1.807, 2.05) is 18.2 Å². The number of benzene rings is 1. The van der Waals surface area contributed by atoms with Crippen molar-refractivity contribution in [2.75, 3.05) is 20.3 Å². The van der Waals surface area contributed by atoms with Gasteiger partial charge in [-0.25, -0.2) is 0 Å². The van der Waals surface area contributed by atoms with Crippen molar-refractivity contribution in [3.63, 3.8) is 0 Å². The number of aliphatic hydroxyl groups is 2. The molecule has 1 aromatic carbocycles. The zero-order valence-electron chi connectivity index (χ0n) is 10.7. The second kappa shape index (κ2) is 6.18. The van der Waals surface area contributed by atoms with Crippen molar-refractivity contribution in [2.24, 2.45) is 0 Å². The predicted molar refractivity (Wildman–Crippen MR) is 69.9 cm³/mol. The van der Waals surface area contributed by atoms with E-state index in [1.165, 1.54) is 5.56 Å². The molecule has 0 unspecified atom stereocenters. The lowest BCUT2D eigenvalue weighted by atomic mass is 9.75. The Morgan fingerprint density at radius 2 is 1.94 bits per heavy atom. The summed E-state index contributed by atoms with van der Waals surface area (Å²) in [4.78, 5) is 0. The van der Waals surface area contributed by atoms with Gasteiger partial charge >= 0.3 is 0 Å². The van der Waals surface area contributed by atoms with Gasteiger partial charge in [-0.2, -0.15) is 0 Å². The van der Waals surface area contributed by atoms with Crippen LogP contribution in [0.2, 0.25) is 0 Å². The van der Waals surface area contributed by atoms with Crippen molar-refractivity contribution in [1.82, 2.24) is 5.32 Å². The largest absolute Gasteiger partial charge is 0.496 e. The summed E-state index contributed by atoms with van der Waals surface area (Å²) >= 11 is 0. The molecule has 18 heavy (non-hydrogen) atoms. The van der Waals surface area contributed by atoms with Gasteiger partial charge in [-0.15, -0.1) is 0 Å². The third-order valence-electron chi connectivity index (χ3n) is 3.63. The molecule has 1 saturated carbocycles. The summed E-state index contributed by atoms with van der Waals surface area (Å²) in [6, 6.07) is 8.28. The molecule has 0 aromatic heterocycles. The van der Waals surface area contributed by atoms with Gasteiger partial charge in [-0.3, -0.25) is 0 Å². The lowest BCUT2D eigenvalue weighted by Crippen LogP contribution is -2.48. The van der Waals surface area contributed by atoms with E-state index in [9.17, 15) is 0 Å². The summed E-state index contributed by atoms with van der Waals surface area (Å²) < 4.78 is 5.36. The number of rotatable bonds is 6. The molecule has 0 aliphatic heterocycles. The number of methoxy groups -OCH3 is 1. The van der Waals surface area contributed by atoms with E-state index in [0.717, 1.165) is 18.6 Å². The van der Waals surface area contributed by atoms with Crippen LogP contribution in [0.4, 0.5) is 0 Å². The van der Waals surface area contributed by atoms with Gasteiger partial charge in [0, 0.05) is 6.04 Å². The summed E-state index contributed by atoms with van der Waals surface area (Å²) in [5.41, 5.74) is 1.25. The monoisotopic (exact) mass is 251 g/mol. The highest BCUT2D eigenvalue weighted by atomic mass is 16.5. The lowest BCUT2D eigenvalue weighted by Gasteiger charge is -2.38. The molecule has 0 amide bonds. The van der Waals surface area contributed by atoms with Crippen LogP contribution in [0, 0.1) is 0 Å². The summed E-state index contributed by atoms with van der Waals surface area (Å²) in [7, 11) is 1.70. The fourth-order valence-corrected chi connectivity index (χ4v) is 2.51. The number of aliphatic hydroxyl groups excluding tert-OH is 2. The Bertz CT molecular complexity index is 373. The topological polar surface area (TPSA) is 61.7 Å². The molecule has 0 atom stereocenters. The van der Waals surface area contributed by atoms with E-state index >= 15 is 0 Å². The molecule has 0 bridgehead atoms. The molecule has 100 valence electrons. The Kier molecular flexibility index (Phi) is 4.58. The second-order valence-corrected chi connectivity index (χ2v) is 4.84. The number of hydrogen-bond donors (Lipinski definition) is 3. The van der Waals surface area contributed by atoms with Crippen molar-refractivity contribution in [2.45, 2.75) is 30.8 Å². The first-order chi connectivity index (χ1) is 8.78. The highest BCUT2D eigenvalue weighted by Crippen LogP contribution is 2.40. The smallest absolute Gasteiger partial charge is 0.122 e. The van der Waals surface area contributed by atoms with Gasteiger partial charge in [-0.1, -0.05) is 18.2 Å².